The standard InChI is InChI=1S/C58H41N/c1-38-28-34-55(48-21-9-6-18-45(38)48)59(56-35-29-39(2)46-19-7-10-22-49(46)56)44-33-32-41-36-43(31-30-42(41)37-44)57-51-24-12-14-26-53(51)58(54-27-15-13-25-52(54)57)50-23-11-8-20-47(50)40-16-4-3-5-17-40/h3-37H,1-2H3. The van der Waals surface area contributed by atoms with Gasteiger partial charge < -0.3 is 4.90 Å². The second-order valence-corrected chi connectivity index (χ2v) is 15.7. The van der Waals surface area contributed by atoms with Gasteiger partial charge in [0.1, 0.15) is 0 Å². The lowest BCUT2D eigenvalue weighted by Crippen LogP contribution is -2.11. The van der Waals surface area contributed by atoms with E-state index in [4.69, 9.17) is 0 Å². The quantitative estimate of drug-likeness (QED) is 0.153. The molecule has 0 aliphatic rings. The molecule has 11 rings (SSSR count). The molecule has 0 atom stereocenters. The first-order chi connectivity index (χ1) is 29.1. The Kier molecular flexibility index (Phi) is 8.34. The van der Waals surface area contributed by atoms with Crippen LogP contribution in [0.3, 0.4) is 0 Å². The first kappa shape index (κ1) is 34.7. The molecular weight excluding hydrogens is 711 g/mol. The van der Waals surface area contributed by atoms with E-state index in [0.717, 1.165) is 5.69 Å². The van der Waals surface area contributed by atoms with Gasteiger partial charge in [0.2, 0.25) is 0 Å². The Labute approximate surface area is 345 Å². The molecule has 1 nitrogen and oxygen atoms in total. The summed E-state index contributed by atoms with van der Waals surface area (Å²) in [4.78, 5) is 2.46. The summed E-state index contributed by atoms with van der Waals surface area (Å²) in [5.74, 6) is 0. The van der Waals surface area contributed by atoms with Gasteiger partial charge in [-0.15, -0.1) is 0 Å². The molecule has 0 aliphatic heterocycles. The summed E-state index contributed by atoms with van der Waals surface area (Å²) in [6, 6.07) is 78.2. The highest BCUT2D eigenvalue weighted by Gasteiger charge is 2.21. The van der Waals surface area contributed by atoms with Gasteiger partial charge in [-0.05, 0) is 132 Å². The van der Waals surface area contributed by atoms with E-state index in [1.54, 1.807) is 0 Å². The average Bonchev–Trinajstić information content (AvgIpc) is 3.30. The number of anilines is 3. The summed E-state index contributed by atoms with van der Waals surface area (Å²) in [5, 5.41) is 12.4. The van der Waals surface area contributed by atoms with Gasteiger partial charge in [-0.3, -0.25) is 0 Å². The minimum atomic E-state index is 1.13. The van der Waals surface area contributed by atoms with E-state index >= 15 is 0 Å². The van der Waals surface area contributed by atoms with Gasteiger partial charge in [-0.1, -0.05) is 182 Å². The minimum Gasteiger partial charge on any atom is -0.309 e. The van der Waals surface area contributed by atoms with Gasteiger partial charge in [0.15, 0.2) is 0 Å². The molecule has 0 N–H and O–H groups in total. The van der Waals surface area contributed by atoms with E-state index in [2.05, 4.69) is 231 Å². The van der Waals surface area contributed by atoms with Crippen LogP contribution in [0.25, 0.3) is 87.2 Å². The van der Waals surface area contributed by atoms with Crippen molar-refractivity contribution in [3.8, 4) is 33.4 Å². The summed E-state index contributed by atoms with van der Waals surface area (Å²) >= 11 is 0. The molecule has 11 aromatic carbocycles. The summed E-state index contributed by atoms with van der Waals surface area (Å²) < 4.78 is 0. The van der Waals surface area contributed by atoms with Gasteiger partial charge in [0, 0.05) is 16.5 Å². The largest absolute Gasteiger partial charge is 0.309 e. The van der Waals surface area contributed by atoms with Crippen LogP contribution in [0.5, 0.6) is 0 Å². The van der Waals surface area contributed by atoms with Crippen molar-refractivity contribution in [2.24, 2.45) is 0 Å². The molecule has 0 bridgehead atoms. The lowest BCUT2D eigenvalue weighted by molar-refractivity contribution is 1.31. The summed E-state index contributed by atoms with van der Waals surface area (Å²) in [7, 11) is 0. The number of benzene rings is 11. The number of aryl methyl sites for hydroxylation is 2. The lowest BCUT2D eigenvalue weighted by atomic mass is 9.83. The topological polar surface area (TPSA) is 3.24 Å². The van der Waals surface area contributed by atoms with Crippen molar-refractivity contribution >= 4 is 70.9 Å². The van der Waals surface area contributed by atoms with Crippen LogP contribution in [0, 0.1) is 13.8 Å². The highest BCUT2D eigenvalue weighted by atomic mass is 15.1. The van der Waals surface area contributed by atoms with Crippen LogP contribution in [-0.4, -0.2) is 0 Å². The van der Waals surface area contributed by atoms with Crippen molar-refractivity contribution in [1.29, 1.82) is 0 Å². The van der Waals surface area contributed by atoms with E-state index < -0.39 is 0 Å². The molecule has 1 heteroatoms. The zero-order valence-electron chi connectivity index (χ0n) is 33.2. The van der Waals surface area contributed by atoms with Gasteiger partial charge in [-0.25, -0.2) is 0 Å². The normalized spacial score (nSPS) is 11.6. The predicted octanol–water partition coefficient (Wildman–Crippen LogP) is 16.5. The van der Waals surface area contributed by atoms with E-state index in [1.807, 2.05) is 0 Å². The van der Waals surface area contributed by atoms with Crippen molar-refractivity contribution in [2.75, 3.05) is 4.90 Å². The second-order valence-electron chi connectivity index (χ2n) is 15.7. The SMILES string of the molecule is Cc1ccc(N(c2ccc3cc(-c4c5ccccc5c(-c5ccccc5-c5ccccc5)c5ccccc45)ccc3c2)c2ccc(C)c3ccccc23)c2ccccc12. The summed E-state index contributed by atoms with van der Waals surface area (Å²) in [6.45, 7) is 4.41. The number of nitrogens with zero attached hydrogens (tertiary/aromatic N) is 1. The van der Waals surface area contributed by atoms with Crippen molar-refractivity contribution < 1.29 is 0 Å². The van der Waals surface area contributed by atoms with Gasteiger partial charge in [0.25, 0.3) is 0 Å². The maximum absolute atomic E-state index is 2.46. The van der Waals surface area contributed by atoms with Gasteiger partial charge >= 0.3 is 0 Å². The Bertz CT molecular complexity index is 3270. The van der Waals surface area contributed by atoms with Crippen molar-refractivity contribution in [2.45, 2.75) is 13.8 Å². The molecule has 0 amide bonds. The third kappa shape index (κ3) is 5.77. The Morgan fingerprint density at radius 2 is 0.729 bits per heavy atom. The van der Waals surface area contributed by atoms with Crippen LogP contribution in [0.2, 0.25) is 0 Å². The number of hydrogen-bond donors (Lipinski definition) is 0. The Morgan fingerprint density at radius 3 is 1.31 bits per heavy atom. The molecule has 0 saturated carbocycles. The Morgan fingerprint density at radius 1 is 0.288 bits per heavy atom. The highest BCUT2D eigenvalue weighted by molar-refractivity contribution is 6.23. The average molecular weight is 752 g/mol. The second kappa shape index (κ2) is 14.2. The highest BCUT2D eigenvalue weighted by Crippen LogP contribution is 2.48. The molecule has 11 aromatic rings. The fourth-order valence-corrected chi connectivity index (χ4v) is 9.49. The fourth-order valence-electron chi connectivity index (χ4n) is 9.49. The molecule has 0 radical (unpaired) electrons. The van der Waals surface area contributed by atoms with Crippen LogP contribution in [0.1, 0.15) is 11.1 Å². The van der Waals surface area contributed by atoms with E-state index in [9.17, 15) is 0 Å². The molecular formula is C58H41N. The van der Waals surface area contributed by atoms with E-state index in [-0.39, 0.29) is 0 Å². The monoisotopic (exact) mass is 751 g/mol. The molecule has 0 aromatic heterocycles. The zero-order valence-corrected chi connectivity index (χ0v) is 33.2. The maximum atomic E-state index is 2.46. The number of fused-ring (bicyclic) bond motifs is 5. The first-order valence-electron chi connectivity index (χ1n) is 20.5. The minimum absolute atomic E-state index is 1.13. The van der Waals surface area contributed by atoms with Crippen LogP contribution >= 0.6 is 0 Å². The van der Waals surface area contributed by atoms with Crippen molar-refractivity contribution in [3.63, 3.8) is 0 Å². The van der Waals surface area contributed by atoms with E-state index in [1.165, 1.54) is 110 Å². The molecule has 0 saturated heterocycles. The van der Waals surface area contributed by atoms with Crippen molar-refractivity contribution in [1.82, 2.24) is 0 Å². The fraction of sp³-hybridized carbons (Fsp3) is 0.0345. The van der Waals surface area contributed by atoms with Crippen molar-refractivity contribution in [3.05, 3.63) is 223 Å². The Hall–Kier alpha value is -7.48. The molecule has 0 spiro atoms. The number of rotatable bonds is 6. The maximum Gasteiger partial charge on any atom is 0.0540 e. The van der Waals surface area contributed by atoms with E-state index in [0.29, 0.717) is 0 Å². The van der Waals surface area contributed by atoms with Crippen LogP contribution in [0.4, 0.5) is 17.1 Å². The summed E-state index contributed by atoms with van der Waals surface area (Å²) in [6.07, 6.45) is 0. The van der Waals surface area contributed by atoms with Crippen LogP contribution in [0.15, 0.2) is 212 Å². The lowest BCUT2D eigenvalue weighted by Gasteiger charge is -2.29. The third-order valence-corrected chi connectivity index (χ3v) is 12.3. The molecule has 278 valence electrons. The van der Waals surface area contributed by atoms with Crippen LogP contribution < -0.4 is 4.90 Å². The Balaban J connectivity index is 1.11. The molecule has 59 heavy (non-hydrogen) atoms. The first-order valence-corrected chi connectivity index (χ1v) is 20.5. The van der Waals surface area contributed by atoms with Gasteiger partial charge in [-0.2, -0.15) is 0 Å². The molecule has 0 aliphatic carbocycles. The van der Waals surface area contributed by atoms with Crippen LogP contribution in [-0.2, 0) is 0 Å². The molecule has 0 fully saturated rings. The predicted molar refractivity (Wildman–Crippen MR) is 254 cm³/mol. The third-order valence-electron chi connectivity index (χ3n) is 12.3. The van der Waals surface area contributed by atoms with Gasteiger partial charge in [0.05, 0.1) is 11.4 Å². The summed E-state index contributed by atoms with van der Waals surface area (Å²) in [5.41, 5.74) is 13.5. The molecule has 0 unspecified atom stereocenters. The smallest absolute Gasteiger partial charge is 0.0540 e. The number of hydrogen-bond acceptors (Lipinski definition) is 1. The zero-order chi connectivity index (χ0) is 39.5. The molecule has 0 heterocycles.